The molecule has 0 bridgehead atoms. The molecule has 1 fully saturated rings. The molecule has 1 aliphatic rings. The molecule has 11 heteroatoms. The lowest BCUT2D eigenvalue weighted by atomic mass is 9.93. The Morgan fingerprint density at radius 1 is 1.06 bits per heavy atom. The molecule has 1 aromatic heterocycles. The molecule has 0 saturated carbocycles. The van der Waals surface area contributed by atoms with Crippen molar-refractivity contribution in [3.05, 3.63) is 29.8 Å². The lowest BCUT2D eigenvalue weighted by Gasteiger charge is -2.36. The predicted octanol–water partition coefficient (Wildman–Crippen LogP) is 1.14. The predicted molar refractivity (Wildman–Crippen MR) is 128 cm³/mol. The Kier molecular flexibility index (Phi) is 9.59. The van der Waals surface area contributed by atoms with Crippen LogP contribution in [0.4, 0.5) is 5.95 Å². The average molecular weight is 488 g/mol. The van der Waals surface area contributed by atoms with Crippen molar-refractivity contribution in [1.29, 1.82) is 0 Å². The van der Waals surface area contributed by atoms with Gasteiger partial charge in [0.15, 0.2) is 0 Å². The summed E-state index contributed by atoms with van der Waals surface area (Å²) in [6.07, 6.45) is 0.920. The van der Waals surface area contributed by atoms with Crippen LogP contribution >= 0.6 is 0 Å². The molecule has 0 spiro atoms. The van der Waals surface area contributed by atoms with Crippen LogP contribution in [0.2, 0.25) is 0 Å². The van der Waals surface area contributed by atoms with Gasteiger partial charge in [-0.05, 0) is 43.9 Å². The van der Waals surface area contributed by atoms with Crippen molar-refractivity contribution < 1.29 is 28.9 Å². The number of aryl methyl sites for hydroxylation is 1. The van der Waals surface area contributed by atoms with Crippen LogP contribution in [0.25, 0.3) is 0 Å². The van der Waals surface area contributed by atoms with E-state index in [1.165, 1.54) is 14.2 Å². The molecule has 1 amide bonds. The van der Waals surface area contributed by atoms with Gasteiger partial charge in [-0.3, -0.25) is 4.79 Å². The highest BCUT2D eigenvalue weighted by Crippen LogP contribution is 2.22. The fourth-order valence-corrected chi connectivity index (χ4v) is 3.99. The van der Waals surface area contributed by atoms with Gasteiger partial charge in [-0.2, -0.15) is 9.97 Å². The first-order valence-corrected chi connectivity index (χ1v) is 11.7. The number of nitrogens with zero attached hydrogens (tertiary/aromatic N) is 5. The highest BCUT2D eigenvalue weighted by atomic mass is 16.5. The van der Waals surface area contributed by atoms with Crippen LogP contribution in [-0.2, 0) is 16.0 Å². The van der Waals surface area contributed by atoms with E-state index in [1.807, 2.05) is 36.1 Å². The van der Waals surface area contributed by atoms with Crippen LogP contribution in [0, 0.1) is 5.92 Å². The number of hydrogen-bond acceptors (Lipinski definition) is 10. The second kappa shape index (κ2) is 12.8. The van der Waals surface area contributed by atoms with Gasteiger partial charge in [0.25, 0.3) is 0 Å². The van der Waals surface area contributed by atoms with Crippen molar-refractivity contribution in [2.45, 2.75) is 32.3 Å². The number of carbonyl (C=O) groups is 2. The standard InChI is InChI=1S/C24H33N5O6/c1-4-35-18-10-8-17(9-11-18)6-5-7-19(20(31)16-30)21(32)28-12-14-29(15-13-28)22-25-23(33-2)27-24(26-22)34-3/h8-11,16,19-20,31H,4-7,12-15H2,1-3H3/t19-,20-/m1/s1. The first-order chi connectivity index (χ1) is 17.0. The van der Waals surface area contributed by atoms with Gasteiger partial charge in [-0.25, -0.2) is 0 Å². The number of rotatable bonds is 12. The van der Waals surface area contributed by atoms with Crippen LogP contribution < -0.4 is 19.1 Å². The smallest absolute Gasteiger partial charge is 0.324 e. The van der Waals surface area contributed by atoms with E-state index < -0.39 is 12.0 Å². The maximum absolute atomic E-state index is 13.2. The molecule has 2 heterocycles. The zero-order valence-corrected chi connectivity index (χ0v) is 20.4. The van der Waals surface area contributed by atoms with Gasteiger partial charge in [0.05, 0.1) is 26.7 Å². The Morgan fingerprint density at radius 3 is 2.23 bits per heavy atom. The lowest BCUT2D eigenvalue weighted by molar-refractivity contribution is -0.142. The van der Waals surface area contributed by atoms with Gasteiger partial charge in [-0.15, -0.1) is 4.98 Å². The van der Waals surface area contributed by atoms with Crippen molar-refractivity contribution in [3.8, 4) is 17.8 Å². The molecule has 11 nitrogen and oxygen atoms in total. The van der Waals surface area contributed by atoms with E-state index in [4.69, 9.17) is 14.2 Å². The number of methoxy groups -OCH3 is 2. The van der Waals surface area contributed by atoms with Crippen LogP contribution in [-0.4, -0.2) is 90.3 Å². The van der Waals surface area contributed by atoms with E-state index >= 15 is 0 Å². The number of aromatic nitrogens is 3. The monoisotopic (exact) mass is 487 g/mol. The first kappa shape index (κ1) is 26.1. The maximum Gasteiger partial charge on any atom is 0.324 e. The molecule has 0 radical (unpaired) electrons. The molecule has 1 aliphatic heterocycles. The molecule has 35 heavy (non-hydrogen) atoms. The number of anilines is 1. The Hall–Kier alpha value is -3.47. The van der Waals surface area contributed by atoms with Gasteiger partial charge < -0.3 is 33.9 Å². The quantitative estimate of drug-likeness (QED) is 0.435. The summed E-state index contributed by atoms with van der Waals surface area (Å²) in [7, 11) is 2.92. The lowest BCUT2D eigenvalue weighted by Crippen LogP contribution is -2.52. The minimum atomic E-state index is -1.34. The molecule has 3 rings (SSSR count). The summed E-state index contributed by atoms with van der Waals surface area (Å²) in [5.74, 6) is 0.218. The number of benzene rings is 1. The normalized spacial score (nSPS) is 15.3. The number of aldehydes is 1. The van der Waals surface area contributed by atoms with Gasteiger partial charge in [-0.1, -0.05) is 12.1 Å². The SMILES string of the molecule is CCOc1ccc(CCC[C@@H](C(=O)N2CCN(c3nc(OC)nc(OC)n3)CC2)[C@H](O)C=O)cc1. The number of hydrogen-bond donors (Lipinski definition) is 1. The second-order valence-corrected chi connectivity index (χ2v) is 8.12. The zero-order chi connectivity index (χ0) is 25.2. The summed E-state index contributed by atoms with van der Waals surface area (Å²) in [6, 6.07) is 8.10. The summed E-state index contributed by atoms with van der Waals surface area (Å²) in [5, 5.41) is 10.3. The van der Waals surface area contributed by atoms with E-state index in [9.17, 15) is 14.7 Å². The number of aliphatic hydroxyl groups is 1. The van der Waals surface area contributed by atoms with E-state index in [2.05, 4.69) is 15.0 Å². The number of carbonyl (C=O) groups excluding carboxylic acids is 2. The van der Waals surface area contributed by atoms with Crippen molar-refractivity contribution in [3.63, 3.8) is 0 Å². The van der Waals surface area contributed by atoms with Gasteiger partial charge in [0, 0.05) is 26.2 Å². The van der Waals surface area contributed by atoms with Crippen molar-refractivity contribution in [2.24, 2.45) is 5.92 Å². The van der Waals surface area contributed by atoms with Crippen LogP contribution in [0.15, 0.2) is 24.3 Å². The number of amides is 1. The molecule has 1 saturated heterocycles. The van der Waals surface area contributed by atoms with Crippen LogP contribution in [0.5, 0.6) is 17.8 Å². The van der Waals surface area contributed by atoms with Crippen LogP contribution in [0.3, 0.4) is 0 Å². The summed E-state index contributed by atoms with van der Waals surface area (Å²) < 4.78 is 15.7. The highest BCUT2D eigenvalue weighted by molar-refractivity contribution is 5.83. The maximum atomic E-state index is 13.2. The fourth-order valence-electron chi connectivity index (χ4n) is 3.99. The first-order valence-electron chi connectivity index (χ1n) is 11.7. The molecule has 0 aliphatic carbocycles. The van der Waals surface area contributed by atoms with E-state index in [1.54, 1.807) is 4.90 Å². The van der Waals surface area contributed by atoms with E-state index in [-0.39, 0.29) is 17.9 Å². The van der Waals surface area contributed by atoms with Gasteiger partial charge >= 0.3 is 12.0 Å². The number of piperazine rings is 1. The van der Waals surface area contributed by atoms with E-state index in [0.29, 0.717) is 57.9 Å². The molecule has 190 valence electrons. The third kappa shape index (κ3) is 7.01. The molecule has 1 N–H and O–H groups in total. The minimum Gasteiger partial charge on any atom is -0.494 e. The average Bonchev–Trinajstić information content (AvgIpc) is 2.91. The molecule has 0 unspecified atom stereocenters. The third-order valence-corrected chi connectivity index (χ3v) is 5.91. The van der Waals surface area contributed by atoms with Gasteiger partial charge in [0.2, 0.25) is 11.9 Å². The summed E-state index contributed by atoms with van der Waals surface area (Å²) >= 11 is 0. The molecule has 1 aromatic carbocycles. The minimum absolute atomic E-state index is 0.145. The van der Waals surface area contributed by atoms with Crippen molar-refractivity contribution >= 4 is 18.1 Å². The zero-order valence-electron chi connectivity index (χ0n) is 20.4. The Balaban J connectivity index is 1.57. The van der Waals surface area contributed by atoms with Crippen LogP contribution in [0.1, 0.15) is 25.3 Å². The Morgan fingerprint density at radius 2 is 1.69 bits per heavy atom. The third-order valence-electron chi connectivity index (χ3n) is 5.91. The summed E-state index contributed by atoms with van der Waals surface area (Å²) in [4.78, 5) is 40.6. The van der Waals surface area contributed by atoms with Crippen molar-refractivity contribution in [1.82, 2.24) is 19.9 Å². The number of ether oxygens (including phenoxy) is 3. The summed E-state index contributed by atoms with van der Waals surface area (Å²) in [5.41, 5.74) is 1.11. The van der Waals surface area contributed by atoms with Gasteiger partial charge in [0.1, 0.15) is 18.1 Å². The molecule has 2 atom stereocenters. The number of aliphatic hydroxyl groups excluding tert-OH is 1. The second-order valence-electron chi connectivity index (χ2n) is 8.12. The summed E-state index contributed by atoms with van der Waals surface area (Å²) in [6.45, 7) is 4.34. The molecular formula is C24H33N5O6. The topological polar surface area (TPSA) is 127 Å². The Labute approximate surface area is 205 Å². The molecule has 2 aromatic rings. The fraction of sp³-hybridized carbons (Fsp3) is 0.542. The Bertz CT molecular complexity index is 943. The largest absolute Gasteiger partial charge is 0.494 e. The molecular weight excluding hydrogens is 454 g/mol. The van der Waals surface area contributed by atoms with Crippen molar-refractivity contribution in [2.75, 3.05) is 51.9 Å². The highest BCUT2D eigenvalue weighted by Gasteiger charge is 2.32. The van der Waals surface area contributed by atoms with E-state index in [0.717, 1.165) is 17.7 Å².